The Labute approximate surface area is 193 Å². The average molecular weight is 446 g/mol. The molecule has 7 aromatic rings. The summed E-state index contributed by atoms with van der Waals surface area (Å²) in [5.41, 5.74) is 5.88. The van der Waals surface area contributed by atoms with Gasteiger partial charge in [0.05, 0.1) is 11.0 Å². The van der Waals surface area contributed by atoms with E-state index in [0.29, 0.717) is 11.6 Å². The number of para-hydroxylation sites is 4. The zero-order chi connectivity index (χ0) is 21.9. The van der Waals surface area contributed by atoms with Crippen LogP contribution >= 0.6 is 11.6 Å². The molecule has 0 saturated carbocycles. The third kappa shape index (κ3) is 2.76. The van der Waals surface area contributed by atoms with Crippen LogP contribution in [-0.2, 0) is 0 Å². The Bertz CT molecular complexity index is 1710. The van der Waals surface area contributed by atoms with Gasteiger partial charge in [-0.25, -0.2) is 4.98 Å². The van der Waals surface area contributed by atoms with Gasteiger partial charge in [-0.3, -0.25) is 0 Å². The van der Waals surface area contributed by atoms with E-state index in [2.05, 4.69) is 56.3 Å². The monoisotopic (exact) mass is 445 g/mol. The number of halogens is 1. The number of fused-ring (bicyclic) bond motifs is 6. The number of benzene rings is 4. The second-order valence-corrected chi connectivity index (χ2v) is 8.39. The van der Waals surface area contributed by atoms with Crippen LogP contribution in [-0.4, -0.2) is 24.9 Å². The van der Waals surface area contributed by atoms with E-state index in [1.165, 1.54) is 0 Å². The molecular formula is C27H16ClN5. The minimum atomic E-state index is 0.163. The van der Waals surface area contributed by atoms with Crippen LogP contribution in [0.2, 0.25) is 5.28 Å². The molecule has 5 nitrogen and oxygen atoms in total. The Balaban J connectivity index is 1.48. The Morgan fingerprint density at radius 1 is 0.485 bits per heavy atom. The van der Waals surface area contributed by atoms with Crippen molar-refractivity contribution in [3.63, 3.8) is 0 Å². The Morgan fingerprint density at radius 2 is 0.939 bits per heavy atom. The summed E-state index contributed by atoms with van der Waals surface area (Å²) in [5, 5.41) is 4.74. The number of hydrogen-bond acceptors (Lipinski definition) is 3. The average Bonchev–Trinajstić information content (AvgIpc) is 3.42. The summed E-state index contributed by atoms with van der Waals surface area (Å²) in [5.74, 6) is 1.07. The van der Waals surface area contributed by atoms with Gasteiger partial charge in [-0.1, -0.05) is 60.7 Å². The number of nitrogens with zero attached hydrogens (tertiary/aromatic N) is 3. The lowest BCUT2D eigenvalue weighted by Crippen LogP contribution is -1.98. The summed E-state index contributed by atoms with van der Waals surface area (Å²) in [4.78, 5) is 20.9. The molecule has 6 heteroatoms. The molecule has 33 heavy (non-hydrogen) atoms. The first-order valence-corrected chi connectivity index (χ1v) is 11.1. The molecule has 0 atom stereocenters. The quantitative estimate of drug-likeness (QED) is 0.297. The Morgan fingerprint density at radius 3 is 1.45 bits per heavy atom. The van der Waals surface area contributed by atoms with Crippen molar-refractivity contribution in [1.29, 1.82) is 0 Å². The van der Waals surface area contributed by atoms with Gasteiger partial charge in [-0.15, -0.1) is 0 Å². The lowest BCUT2D eigenvalue weighted by Gasteiger charge is -2.07. The van der Waals surface area contributed by atoms with Crippen molar-refractivity contribution in [2.75, 3.05) is 0 Å². The van der Waals surface area contributed by atoms with E-state index < -0.39 is 0 Å². The first-order valence-electron chi connectivity index (χ1n) is 10.7. The van der Waals surface area contributed by atoms with Crippen molar-refractivity contribution in [1.82, 2.24) is 24.9 Å². The largest absolute Gasteiger partial charge is 0.354 e. The Hall–Kier alpha value is -4.22. The second kappa shape index (κ2) is 6.89. The summed E-state index contributed by atoms with van der Waals surface area (Å²) >= 11 is 6.43. The van der Waals surface area contributed by atoms with Crippen LogP contribution in [0.1, 0.15) is 0 Å². The normalized spacial score (nSPS) is 11.8. The topological polar surface area (TPSA) is 70.2 Å². The molecule has 0 saturated heterocycles. The minimum absolute atomic E-state index is 0.163. The van der Waals surface area contributed by atoms with E-state index in [0.717, 1.165) is 54.7 Å². The molecule has 3 aromatic heterocycles. The molecular weight excluding hydrogens is 430 g/mol. The number of hydrogen-bond donors (Lipinski definition) is 2. The van der Waals surface area contributed by atoms with Crippen LogP contribution in [0.25, 0.3) is 66.4 Å². The number of aromatic nitrogens is 5. The van der Waals surface area contributed by atoms with Crippen molar-refractivity contribution >= 4 is 55.2 Å². The predicted molar refractivity (Wildman–Crippen MR) is 134 cm³/mol. The van der Waals surface area contributed by atoms with Crippen molar-refractivity contribution in [3.8, 4) is 22.8 Å². The molecule has 0 fully saturated rings. The first kappa shape index (κ1) is 18.4. The van der Waals surface area contributed by atoms with E-state index in [1.807, 2.05) is 48.5 Å². The molecule has 156 valence electrons. The van der Waals surface area contributed by atoms with E-state index in [1.54, 1.807) is 0 Å². The predicted octanol–water partition coefficient (Wildman–Crippen LogP) is 7.13. The lowest BCUT2D eigenvalue weighted by molar-refractivity contribution is 1.07. The maximum atomic E-state index is 6.43. The summed E-state index contributed by atoms with van der Waals surface area (Å²) in [6, 6.07) is 28.8. The van der Waals surface area contributed by atoms with Crippen LogP contribution in [0.15, 0.2) is 84.9 Å². The van der Waals surface area contributed by atoms with Crippen LogP contribution in [0, 0.1) is 0 Å². The standard InChI is InChI=1S/C27H16ClN5/c28-27-32-25(19-11-5-9-17-15-7-1-3-13-21(15)29-23(17)19)31-26(33-27)20-12-6-10-18-16-8-2-4-14-22(16)30-24(18)20/h1-14,29-30H. The van der Waals surface area contributed by atoms with Gasteiger partial charge in [0.25, 0.3) is 0 Å². The molecule has 0 amide bonds. The fourth-order valence-corrected chi connectivity index (χ4v) is 4.87. The molecule has 0 aliphatic rings. The van der Waals surface area contributed by atoms with Crippen LogP contribution in [0.4, 0.5) is 0 Å². The van der Waals surface area contributed by atoms with Gasteiger partial charge in [0.1, 0.15) is 0 Å². The van der Waals surface area contributed by atoms with Gasteiger partial charge in [0, 0.05) is 43.7 Å². The van der Waals surface area contributed by atoms with E-state index in [4.69, 9.17) is 16.6 Å². The van der Waals surface area contributed by atoms with Gasteiger partial charge in [-0.05, 0) is 35.9 Å². The fraction of sp³-hybridized carbons (Fsp3) is 0. The van der Waals surface area contributed by atoms with Crippen molar-refractivity contribution in [2.45, 2.75) is 0 Å². The second-order valence-electron chi connectivity index (χ2n) is 8.05. The number of rotatable bonds is 2. The number of aromatic amines is 2. The van der Waals surface area contributed by atoms with Crippen LogP contribution in [0.3, 0.4) is 0 Å². The molecule has 2 N–H and O–H groups in total. The van der Waals surface area contributed by atoms with Crippen molar-refractivity contribution in [2.24, 2.45) is 0 Å². The van der Waals surface area contributed by atoms with E-state index >= 15 is 0 Å². The number of nitrogens with one attached hydrogen (secondary N) is 2. The Kier molecular flexibility index (Phi) is 3.83. The van der Waals surface area contributed by atoms with Gasteiger partial charge in [0.15, 0.2) is 11.6 Å². The van der Waals surface area contributed by atoms with Gasteiger partial charge in [-0.2, -0.15) is 9.97 Å². The molecule has 4 aromatic carbocycles. The first-order chi connectivity index (χ1) is 16.3. The third-order valence-electron chi connectivity index (χ3n) is 6.17. The van der Waals surface area contributed by atoms with Crippen LogP contribution in [0.5, 0.6) is 0 Å². The third-order valence-corrected chi connectivity index (χ3v) is 6.34. The maximum Gasteiger partial charge on any atom is 0.226 e. The highest BCUT2D eigenvalue weighted by atomic mass is 35.5. The smallest absolute Gasteiger partial charge is 0.226 e. The summed E-state index contributed by atoms with van der Waals surface area (Å²) < 4.78 is 0. The van der Waals surface area contributed by atoms with Crippen molar-refractivity contribution in [3.05, 3.63) is 90.2 Å². The maximum absolute atomic E-state index is 6.43. The highest BCUT2D eigenvalue weighted by Gasteiger charge is 2.17. The van der Waals surface area contributed by atoms with Crippen LogP contribution < -0.4 is 0 Å². The highest BCUT2D eigenvalue weighted by Crippen LogP contribution is 2.35. The van der Waals surface area contributed by atoms with Gasteiger partial charge in [0.2, 0.25) is 5.28 Å². The summed E-state index contributed by atoms with van der Waals surface area (Å²) in [6.45, 7) is 0. The molecule has 0 unspecified atom stereocenters. The molecule has 3 heterocycles. The fourth-order valence-electron chi connectivity index (χ4n) is 4.71. The summed E-state index contributed by atoms with van der Waals surface area (Å²) in [6.07, 6.45) is 0. The van der Waals surface area contributed by atoms with Gasteiger partial charge < -0.3 is 9.97 Å². The van der Waals surface area contributed by atoms with Crippen molar-refractivity contribution < 1.29 is 0 Å². The van der Waals surface area contributed by atoms with E-state index in [-0.39, 0.29) is 5.28 Å². The van der Waals surface area contributed by atoms with Gasteiger partial charge >= 0.3 is 0 Å². The SMILES string of the molecule is Clc1nc(-c2cccc3c2[nH]c2ccccc23)nc(-c2cccc3c2[nH]c2ccccc23)n1. The zero-order valence-electron chi connectivity index (χ0n) is 17.3. The minimum Gasteiger partial charge on any atom is -0.354 e. The molecule has 0 radical (unpaired) electrons. The molecule has 0 spiro atoms. The molecule has 0 bridgehead atoms. The molecule has 7 rings (SSSR count). The summed E-state index contributed by atoms with van der Waals surface area (Å²) in [7, 11) is 0. The molecule has 0 aliphatic heterocycles. The highest BCUT2D eigenvalue weighted by molar-refractivity contribution is 6.28. The molecule has 0 aliphatic carbocycles. The zero-order valence-corrected chi connectivity index (χ0v) is 18.1. The lowest BCUT2D eigenvalue weighted by atomic mass is 10.1. The number of H-pyrrole nitrogens is 2. The van der Waals surface area contributed by atoms with E-state index in [9.17, 15) is 0 Å².